The summed E-state index contributed by atoms with van der Waals surface area (Å²) in [7, 11) is -7.46. The fourth-order valence-corrected chi connectivity index (χ4v) is 6.31. The highest BCUT2D eigenvalue weighted by Gasteiger charge is 2.22. The fraction of sp³-hybridized carbons (Fsp3) is 0.345. The Morgan fingerprint density at radius 3 is 2.20 bits per heavy atom. The number of carbonyl (C=O) groups is 1. The van der Waals surface area contributed by atoms with E-state index >= 15 is 0 Å². The zero-order valence-electron chi connectivity index (χ0n) is 24.2. The van der Waals surface area contributed by atoms with Gasteiger partial charge >= 0.3 is 5.97 Å². The molecular weight excluding hydrogens is 612 g/mol. The first kappa shape index (κ1) is 32.9. The fourth-order valence-electron chi connectivity index (χ4n) is 4.69. The first-order chi connectivity index (χ1) is 20.7. The van der Waals surface area contributed by atoms with Gasteiger partial charge in [0.15, 0.2) is 6.10 Å². The lowest BCUT2D eigenvalue weighted by molar-refractivity contribution is -0.144. The van der Waals surface area contributed by atoms with E-state index in [4.69, 9.17) is 9.84 Å². The molecule has 0 aliphatic carbocycles. The number of piperidine rings is 1. The molecule has 0 aromatic heterocycles. The summed E-state index contributed by atoms with van der Waals surface area (Å²) in [6.07, 6.45) is 0.623. The predicted octanol–water partition coefficient (Wildman–Crippen LogP) is 2.71. The number of nitrogens with one attached hydrogen (secondary N) is 3. The number of carboxylic acids is 1. The van der Waals surface area contributed by atoms with Gasteiger partial charge in [0.05, 0.1) is 22.9 Å². The van der Waals surface area contributed by atoms with Crippen LogP contribution in [0.4, 0.5) is 17.1 Å². The maximum atomic E-state index is 12.8. The smallest absolute Gasteiger partial charge is 0.344 e. The van der Waals surface area contributed by atoms with E-state index in [9.17, 15) is 31.8 Å². The number of rotatable bonds is 13. The third-order valence-corrected chi connectivity index (χ3v) is 9.06. The number of ether oxygens (including phenoxy) is 1. The average molecular weight is 649 g/mol. The maximum Gasteiger partial charge on any atom is 0.344 e. The van der Waals surface area contributed by atoms with Gasteiger partial charge in [-0.1, -0.05) is 6.07 Å². The molecule has 1 saturated heterocycles. The molecule has 1 aliphatic rings. The van der Waals surface area contributed by atoms with E-state index in [0.717, 1.165) is 37.9 Å². The summed E-state index contributed by atoms with van der Waals surface area (Å²) in [6.45, 7) is 3.12. The van der Waals surface area contributed by atoms with Crippen LogP contribution < -0.4 is 24.4 Å². The van der Waals surface area contributed by atoms with Crippen molar-refractivity contribution >= 4 is 43.1 Å². The van der Waals surface area contributed by atoms with E-state index in [1.54, 1.807) is 12.1 Å². The second-order valence-electron chi connectivity index (χ2n) is 10.6. The van der Waals surface area contributed by atoms with Crippen molar-refractivity contribution in [3.63, 3.8) is 0 Å². The molecule has 1 aliphatic heterocycles. The van der Waals surface area contributed by atoms with Crippen molar-refractivity contribution in [2.45, 2.75) is 42.9 Å². The number of phenolic OH excluding ortho intramolecular Hbond substituents is 1. The number of aromatic hydroxyl groups is 1. The summed E-state index contributed by atoms with van der Waals surface area (Å²) in [5, 5.41) is 32.8. The van der Waals surface area contributed by atoms with Crippen molar-refractivity contribution < 1.29 is 41.7 Å². The number of hydrogen-bond donors (Lipinski definition) is 6. The molecule has 3 aromatic carbocycles. The van der Waals surface area contributed by atoms with Crippen molar-refractivity contribution in [2.75, 3.05) is 40.2 Å². The number of nitrogens with zero attached hydrogens (tertiary/aromatic N) is 1. The van der Waals surface area contributed by atoms with Crippen LogP contribution in [0.25, 0.3) is 0 Å². The summed E-state index contributed by atoms with van der Waals surface area (Å²) in [5.41, 5.74) is 1.80. The lowest BCUT2D eigenvalue weighted by Crippen LogP contribution is -2.43. The summed E-state index contributed by atoms with van der Waals surface area (Å²) in [4.78, 5) is 13.1. The third-order valence-electron chi connectivity index (χ3n) is 7.07. The van der Waals surface area contributed by atoms with Gasteiger partial charge < -0.3 is 30.3 Å². The number of carboxylic acid groups (broad SMARTS) is 1. The van der Waals surface area contributed by atoms with E-state index in [-0.39, 0.29) is 34.7 Å². The number of hydrogen-bond acceptors (Lipinski definition) is 10. The molecule has 1 unspecified atom stereocenters. The largest absolute Gasteiger partial charge is 0.506 e. The van der Waals surface area contributed by atoms with E-state index in [1.165, 1.54) is 49.4 Å². The molecule has 6 N–H and O–H groups in total. The lowest BCUT2D eigenvalue weighted by atomic mass is 10.0. The van der Waals surface area contributed by atoms with Crippen LogP contribution in [0.2, 0.25) is 0 Å². The Hall–Kier alpha value is -4.05. The lowest BCUT2D eigenvalue weighted by Gasteiger charge is -2.34. The molecule has 0 saturated carbocycles. The monoisotopic (exact) mass is 648 g/mol. The first-order valence-corrected chi connectivity index (χ1v) is 17.2. The Balaban J connectivity index is 1.26. The predicted molar refractivity (Wildman–Crippen MR) is 166 cm³/mol. The van der Waals surface area contributed by atoms with Gasteiger partial charge in [-0.05, 0) is 86.0 Å². The van der Waals surface area contributed by atoms with Gasteiger partial charge in [-0.3, -0.25) is 9.44 Å². The number of sulfonamides is 2. The third kappa shape index (κ3) is 8.98. The highest BCUT2D eigenvalue weighted by atomic mass is 32.2. The van der Waals surface area contributed by atoms with E-state index < -0.39 is 38.2 Å². The Morgan fingerprint density at radius 2 is 1.61 bits per heavy atom. The van der Waals surface area contributed by atoms with Gasteiger partial charge in [0.1, 0.15) is 11.5 Å². The quantitative estimate of drug-likeness (QED) is 0.149. The Kier molecular flexibility index (Phi) is 10.2. The van der Waals surface area contributed by atoms with Crippen molar-refractivity contribution in [3.8, 4) is 11.5 Å². The zero-order valence-corrected chi connectivity index (χ0v) is 25.8. The van der Waals surface area contributed by atoms with Crippen LogP contribution in [0.1, 0.15) is 31.4 Å². The molecular formula is C29H36N4O9S2. The number of aliphatic carboxylic acids is 1. The van der Waals surface area contributed by atoms with Crippen LogP contribution in [-0.4, -0.2) is 76.2 Å². The van der Waals surface area contributed by atoms with Crippen LogP contribution in [0.15, 0.2) is 71.6 Å². The van der Waals surface area contributed by atoms with Crippen molar-refractivity contribution in [1.29, 1.82) is 0 Å². The second kappa shape index (κ2) is 13.7. The Morgan fingerprint density at radius 1 is 0.977 bits per heavy atom. The number of anilines is 3. The second-order valence-corrected chi connectivity index (χ2v) is 14.0. The maximum absolute atomic E-state index is 12.8. The molecule has 0 amide bonds. The van der Waals surface area contributed by atoms with Crippen LogP contribution in [0, 0.1) is 0 Å². The van der Waals surface area contributed by atoms with E-state index in [0.29, 0.717) is 11.3 Å². The molecule has 0 bridgehead atoms. The highest BCUT2D eigenvalue weighted by Crippen LogP contribution is 2.28. The molecule has 4 rings (SSSR count). The van der Waals surface area contributed by atoms with Gasteiger partial charge in [0, 0.05) is 37.1 Å². The van der Waals surface area contributed by atoms with Gasteiger partial charge in [-0.15, -0.1) is 0 Å². The van der Waals surface area contributed by atoms with Crippen LogP contribution in [0.3, 0.4) is 0 Å². The number of benzene rings is 3. The highest BCUT2D eigenvalue weighted by molar-refractivity contribution is 7.92. The molecule has 1 fully saturated rings. The zero-order chi connectivity index (χ0) is 32.1. The van der Waals surface area contributed by atoms with Gasteiger partial charge in [0.25, 0.3) is 10.0 Å². The number of aliphatic hydroxyl groups excluding tert-OH is 1. The Bertz CT molecular complexity index is 1660. The van der Waals surface area contributed by atoms with Gasteiger partial charge in [-0.2, -0.15) is 0 Å². The molecule has 44 heavy (non-hydrogen) atoms. The minimum Gasteiger partial charge on any atom is -0.506 e. The molecule has 13 nitrogen and oxygen atoms in total. The van der Waals surface area contributed by atoms with Crippen LogP contribution >= 0.6 is 0 Å². The number of phenols is 1. The molecule has 3 aromatic rings. The first-order valence-electron chi connectivity index (χ1n) is 13.8. The van der Waals surface area contributed by atoms with E-state index in [2.05, 4.69) is 19.7 Å². The molecule has 1 heterocycles. The molecule has 2 atom stereocenters. The summed E-state index contributed by atoms with van der Waals surface area (Å²) in [6, 6.07) is 17.0. The van der Waals surface area contributed by atoms with Crippen molar-refractivity contribution in [1.82, 2.24) is 5.32 Å². The molecule has 15 heteroatoms. The summed E-state index contributed by atoms with van der Waals surface area (Å²) in [5.74, 6) is -1.12. The van der Waals surface area contributed by atoms with Gasteiger partial charge in [-0.25, -0.2) is 21.6 Å². The number of aliphatic hydroxyl groups is 1. The normalized spacial score (nSPS) is 15.8. The topological polar surface area (TPSA) is 195 Å². The molecule has 0 spiro atoms. The van der Waals surface area contributed by atoms with Crippen LogP contribution in [-0.2, 0) is 24.8 Å². The molecule has 238 valence electrons. The van der Waals surface area contributed by atoms with Crippen molar-refractivity contribution in [2.24, 2.45) is 0 Å². The van der Waals surface area contributed by atoms with Gasteiger partial charge in [0.2, 0.25) is 10.0 Å². The minimum absolute atomic E-state index is 0.00425. The summed E-state index contributed by atoms with van der Waals surface area (Å²) >= 11 is 0. The average Bonchev–Trinajstić information content (AvgIpc) is 2.97. The standard InChI is InChI=1S/C29H36N4O9S2/c1-19(29(36)37)42-24-8-10-25(11-9-24)44(40,41)31-22-4-6-23(7-5-22)33-15-13-21(14-16-33)30-18-28(35)20-3-12-27(34)26(17-20)32-43(2,38)39/h3-12,17,19,21,28,30-32,34-35H,13-16,18H2,1-2H3,(H,36,37)/t19?,28-/m1/s1. The minimum atomic E-state index is -3.87. The van der Waals surface area contributed by atoms with E-state index in [1.807, 2.05) is 12.1 Å². The Labute approximate surface area is 256 Å². The SMILES string of the molecule is CC(Oc1ccc(S(=O)(=O)Nc2ccc(N3CCC(NC[C@@H](O)c4ccc(O)c(NS(C)(=O)=O)c4)CC3)cc2)cc1)C(=O)O. The summed E-state index contributed by atoms with van der Waals surface area (Å²) < 4.78 is 58.7. The van der Waals surface area contributed by atoms with Crippen molar-refractivity contribution in [3.05, 3.63) is 72.3 Å². The van der Waals surface area contributed by atoms with Crippen LogP contribution in [0.5, 0.6) is 11.5 Å². The molecule has 0 radical (unpaired) electrons.